The minimum atomic E-state index is -1.15. The van der Waals surface area contributed by atoms with Crippen molar-refractivity contribution in [2.45, 2.75) is 30.0 Å². The highest BCUT2D eigenvalue weighted by atomic mass is 16.6. The lowest BCUT2D eigenvalue weighted by molar-refractivity contribution is -0.105. The van der Waals surface area contributed by atoms with E-state index in [0.29, 0.717) is 0 Å². The van der Waals surface area contributed by atoms with Crippen LogP contribution in [0.15, 0.2) is 91.0 Å². The fourth-order valence-corrected chi connectivity index (χ4v) is 4.04. The van der Waals surface area contributed by atoms with E-state index < -0.39 is 30.0 Å². The first-order chi connectivity index (χ1) is 14.6. The molecule has 3 aromatic rings. The molecule has 30 heavy (non-hydrogen) atoms. The monoisotopic (exact) mass is 406 g/mol. The zero-order chi connectivity index (χ0) is 21.0. The highest BCUT2D eigenvalue weighted by Gasteiger charge is 2.42. The van der Waals surface area contributed by atoms with Crippen LogP contribution < -0.4 is 0 Å². The fraction of sp³-hybridized carbons (Fsp3) is 0.280. The van der Waals surface area contributed by atoms with Crippen molar-refractivity contribution in [1.82, 2.24) is 0 Å². The molecule has 0 unspecified atom stereocenters. The molecule has 3 N–H and O–H groups in total. The van der Waals surface area contributed by atoms with Gasteiger partial charge in [-0.05, 0) is 16.7 Å². The summed E-state index contributed by atoms with van der Waals surface area (Å²) in [6.07, 6.45) is -4.16. The van der Waals surface area contributed by atoms with Crippen LogP contribution in [0.25, 0.3) is 0 Å². The molecule has 1 saturated heterocycles. The lowest BCUT2D eigenvalue weighted by Gasteiger charge is -2.37. The largest absolute Gasteiger partial charge is 0.388 e. The molecule has 0 radical (unpaired) electrons. The molecule has 3 aromatic carbocycles. The van der Waals surface area contributed by atoms with Gasteiger partial charge in [0.05, 0.1) is 13.2 Å². The van der Waals surface area contributed by atoms with Crippen LogP contribution >= 0.6 is 0 Å². The van der Waals surface area contributed by atoms with Gasteiger partial charge in [-0.25, -0.2) is 0 Å². The van der Waals surface area contributed by atoms with Crippen molar-refractivity contribution in [3.63, 3.8) is 0 Å². The molecular weight excluding hydrogens is 380 g/mol. The Bertz CT molecular complexity index is 819. The van der Waals surface area contributed by atoms with Crippen molar-refractivity contribution in [3.05, 3.63) is 108 Å². The van der Waals surface area contributed by atoms with Crippen LogP contribution in [0, 0.1) is 0 Å². The van der Waals surface area contributed by atoms with E-state index in [4.69, 9.17) is 9.47 Å². The molecule has 1 aliphatic heterocycles. The molecule has 0 bridgehead atoms. The minimum absolute atomic E-state index is 0.00983. The maximum atomic E-state index is 10.7. The van der Waals surface area contributed by atoms with E-state index in [1.54, 1.807) is 0 Å². The summed E-state index contributed by atoms with van der Waals surface area (Å²) in [5.41, 5.74) is 1.79. The third-order valence-corrected chi connectivity index (χ3v) is 5.58. The van der Waals surface area contributed by atoms with E-state index in [0.717, 1.165) is 16.7 Å². The molecule has 0 spiro atoms. The number of aliphatic hydroxyl groups is 3. The Hall–Kier alpha value is -2.54. The average Bonchev–Trinajstić information content (AvgIpc) is 3.14. The first-order valence-corrected chi connectivity index (χ1v) is 10.1. The maximum absolute atomic E-state index is 10.7. The van der Waals surface area contributed by atoms with Gasteiger partial charge >= 0.3 is 0 Å². The molecule has 0 saturated carbocycles. The quantitative estimate of drug-likeness (QED) is 0.526. The van der Waals surface area contributed by atoms with Gasteiger partial charge in [0.25, 0.3) is 0 Å². The third kappa shape index (κ3) is 3.90. The number of hydrogen-bond acceptors (Lipinski definition) is 5. The summed E-state index contributed by atoms with van der Waals surface area (Å²) >= 11 is 0. The second-order valence-electron chi connectivity index (χ2n) is 7.51. The van der Waals surface area contributed by atoms with E-state index in [2.05, 4.69) is 0 Å². The lowest BCUT2D eigenvalue weighted by Crippen LogP contribution is -2.43. The molecule has 4 rings (SSSR count). The van der Waals surface area contributed by atoms with E-state index in [9.17, 15) is 15.3 Å². The second kappa shape index (κ2) is 9.08. The Morgan fingerprint density at radius 2 is 1.23 bits per heavy atom. The van der Waals surface area contributed by atoms with Gasteiger partial charge in [0.1, 0.15) is 30.0 Å². The fourth-order valence-electron chi connectivity index (χ4n) is 4.04. The van der Waals surface area contributed by atoms with Gasteiger partial charge in [0.15, 0.2) is 0 Å². The summed E-state index contributed by atoms with van der Waals surface area (Å²) in [6.45, 7) is -0.1000. The summed E-state index contributed by atoms with van der Waals surface area (Å²) in [5, 5.41) is 30.6. The molecule has 0 aliphatic carbocycles. The minimum Gasteiger partial charge on any atom is -0.388 e. The first-order valence-electron chi connectivity index (χ1n) is 10.1. The average molecular weight is 406 g/mol. The molecule has 5 nitrogen and oxygen atoms in total. The van der Waals surface area contributed by atoms with E-state index in [-0.39, 0.29) is 13.2 Å². The summed E-state index contributed by atoms with van der Waals surface area (Å²) < 4.78 is 11.9. The van der Waals surface area contributed by atoms with E-state index in [1.165, 1.54) is 0 Å². The number of hydrogen-bond donors (Lipinski definition) is 3. The molecule has 1 fully saturated rings. The predicted molar refractivity (Wildman–Crippen MR) is 113 cm³/mol. The van der Waals surface area contributed by atoms with Crippen LogP contribution in [0.1, 0.15) is 16.7 Å². The Kier molecular flexibility index (Phi) is 6.27. The Labute approximate surface area is 176 Å². The van der Waals surface area contributed by atoms with Crippen molar-refractivity contribution in [2.24, 2.45) is 0 Å². The van der Waals surface area contributed by atoms with Crippen LogP contribution in [0.3, 0.4) is 0 Å². The lowest BCUT2D eigenvalue weighted by atomic mass is 9.80. The van der Waals surface area contributed by atoms with E-state index >= 15 is 0 Å². The van der Waals surface area contributed by atoms with Crippen molar-refractivity contribution in [3.8, 4) is 0 Å². The highest BCUT2D eigenvalue weighted by Crippen LogP contribution is 2.40. The molecular formula is C25H26O5. The summed E-state index contributed by atoms with van der Waals surface area (Å²) in [5.74, 6) is 0. The topological polar surface area (TPSA) is 79.2 Å². The number of ether oxygens (including phenoxy) is 2. The Balaban J connectivity index is 1.75. The molecule has 0 amide bonds. The highest BCUT2D eigenvalue weighted by molar-refractivity contribution is 5.47. The first kappa shape index (κ1) is 20.7. The zero-order valence-corrected chi connectivity index (χ0v) is 16.5. The van der Waals surface area contributed by atoms with Gasteiger partial charge in [0.2, 0.25) is 0 Å². The van der Waals surface area contributed by atoms with Crippen molar-refractivity contribution in [1.29, 1.82) is 0 Å². The summed E-state index contributed by atoms with van der Waals surface area (Å²) in [6, 6.07) is 29.6. The van der Waals surface area contributed by atoms with E-state index in [1.807, 2.05) is 91.0 Å². The molecule has 156 valence electrons. The number of rotatable bonds is 7. The summed E-state index contributed by atoms with van der Waals surface area (Å²) in [4.78, 5) is 0. The van der Waals surface area contributed by atoms with Crippen LogP contribution in [0.4, 0.5) is 0 Å². The van der Waals surface area contributed by atoms with Crippen LogP contribution in [0.5, 0.6) is 0 Å². The van der Waals surface area contributed by atoms with Gasteiger partial charge in [0, 0.05) is 0 Å². The van der Waals surface area contributed by atoms with Crippen LogP contribution in [0.2, 0.25) is 0 Å². The summed E-state index contributed by atoms with van der Waals surface area (Å²) in [7, 11) is 0. The van der Waals surface area contributed by atoms with Crippen LogP contribution in [-0.4, -0.2) is 52.9 Å². The molecule has 4 atom stereocenters. The smallest absolute Gasteiger partial charge is 0.143 e. The van der Waals surface area contributed by atoms with Gasteiger partial charge in [-0.2, -0.15) is 0 Å². The predicted octanol–water partition coefficient (Wildman–Crippen LogP) is 2.48. The SMILES string of the molecule is O[C@H]1[C@@H]([C@H](O)COC(c2ccccc2)(c2ccccc2)c2ccccc2)OC[C@@H]1O. The van der Waals surface area contributed by atoms with Gasteiger partial charge in [-0.1, -0.05) is 91.0 Å². The molecule has 0 aromatic heterocycles. The van der Waals surface area contributed by atoms with Crippen LogP contribution in [-0.2, 0) is 15.1 Å². The normalized spacial score (nSPS) is 22.7. The van der Waals surface area contributed by atoms with Crippen molar-refractivity contribution >= 4 is 0 Å². The van der Waals surface area contributed by atoms with Gasteiger partial charge in [-0.3, -0.25) is 0 Å². The Morgan fingerprint density at radius 3 is 1.60 bits per heavy atom. The van der Waals surface area contributed by atoms with Crippen molar-refractivity contribution in [2.75, 3.05) is 13.2 Å². The standard InChI is InChI=1S/C25H26O5/c26-21-16-29-24(23(21)28)22(27)17-30-25(18-10-4-1-5-11-18,19-12-6-2-7-13-19)20-14-8-3-9-15-20/h1-15,21-24,26-28H,16-17H2/t21-,22+,23+,24+/m0/s1. The number of aliphatic hydroxyl groups excluding tert-OH is 3. The Morgan fingerprint density at radius 1 is 0.800 bits per heavy atom. The third-order valence-electron chi connectivity index (χ3n) is 5.58. The van der Waals surface area contributed by atoms with Gasteiger partial charge in [-0.15, -0.1) is 0 Å². The molecule has 1 heterocycles. The zero-order valence-electron chi connectivity index (χ0n) is 16.5. The van der Waals surface area contributed by atoms with Crippen molar-refractivity contribution < 1.29 is 24.8 Å². The second-order valence-corrected chi connectivity index (χ2v) is 7.51. The van der Waals surface area contributed by atoms with Gasteiger partial charge < -0.3 is 24.8 Å². The number of benzene rings is 3. The molecule has 5 heteroatoms. The maximum Gasteiger partial charge on any atom is 0.143 e. The molecule has 1 aliphatic rings.